The molecule has 8 heteroatoms. The van der Waals surface area contributed by atoms with Crippen LogP contribution in [0.25, 0.3) is 22.2 Å². The van der Waals surface area contributed by atoms with Gasteiger partial charge in [-0.25, -0.2) is 23.9 Å². The van der Waals surface area contributed by atoms with Gasteiger partial charge in [0.2, 0.25) is 0 Å². The van der Waals surface area contributed by atoms with Crippen molar-refractivity contribution in [2.45, 2.75) is 59.7 Å². The third-order valence-corrected chi connectivity index (χ3v) is 4.40. The number of nitrogens with zero attached hydrogens (tertiary/aromatic N) is 3. The number of carbonyl (C=O) groups excluding carboxylic acids is 2. The Morgan fingerprint density at radius 3 is 2.09 bits per heavy atom. The number of amides is 2. The summed E-state index contributed by atoms with van der Waals surface area (Å²) in [6, 6.07) is 9.55. The van der Waals surface area contributed by atoms with Crippen LogP contribution in [0.3, 0.4) is 0 Å². The summed E-state index contributed by atoms with van der Waals surface area (Å²) >= 11 is 0. The topological polar surface area (TPSA) is 81.6 Å². The van der Waals surface area contributed by atoms with Gasteiger partial charge in [-0.2, -0.15) is 4.90 Å². The van der Waals surface area contributed by atoms with Gasteiger partial charge in [0.05, 0.1) is 5.69 Å². The van der Waals surface area contributed by atoms with E-state index in [1.54, 1.807) is 72.0 Å². The highest BCUT2D eigenvalue weighted by Gasteiger charge is 2.35. The van der Waals surface area contributed by atoms with Crippen LogP contribution in [0.15, 0.2) is 42.6 Å². The smallest absolute Gasteiger partial charge is 0.425 e. The zero-order valence-electron chi connectivity index (χ0n) is 19.9. The minimum Gasteiger partial charge on any atom is -0.443 e. The van der Waals surface area contributed by atoms with Crippen molar-refractivity contribution in [3.8, 4) is 11.3 Å². The van der Waals surface area contributed by atoms with E-state index in [4.69, 9.17) is 9.47 Å². The summed E-state index contributed by atoms with van der Waals surface area (Å²) in [6.45, 7) is 12.0. The number of hydrogen-bond acceptors (Lipinski definition) is 6. The molecule has 2 aromatic heterocycles. The van der Waals surface area contributed by atoms with Crippen LogP contribution in [0.1, 0.15) is 47.1 Å². The number of ether oxygens (including phenoxy) is 2. The van der Waals surface area contributed by atoms with Gasteiger partial charge in [-0.15, -0.1) is 0 Å². The van der Waals surface area contributed by atoms with Gasteiger partial charge in [0, 0.05) is 17.1 Å². The van der Waals surface area contributed by atoms with E-state index in [1.165, 1.54) is 12.1 Å². The number of rotatable bonds is 2. The lowest BCUT2D eigenvalue weighted by Gasteiger charge is -2.28. The summed E-state index contributed by atoms with van der Waals surface area (Å²) in [6.07, 6.45) is -0.331. The van der Waals surface area contributed by atoms with Crippen molar-refractivity contribution in [2.24, 2.45) is 0 Å². The van der Waals surface area contributed by atoms with Gasteiger partial charge in [-0.1, -0.05) is 18.2 Å². The molecule has 0 spiro atoms. The Morgan fingerprint density at radius 2 is 1.55 bits per heavy atom. The average molecular weight is 454 g/mol. The van der Waals surface area contributed by atoms with Crippen molar-refractivity contribution in [1.29, 1.82) is 0 Å². The Bertz CT molecular complexity index is 1180. The third-order valence-electron chi connectivity index (χ3n) is 4.40. The quantitative estimate of drug-likeness (QED) is 0.445. The Hall–Kier alpha value is -3.55. The number of imide groups is 1. The van der Waals surface area contributed by atoms with Crippen molar-refractivity contribution in [3.05, 3.63) is 54.0 Å². The van der Waals surface area contributed by atoms with Crippen LogP contribution in [0.2, 0.25) is 0 Å². The molecular weight excluding hydrogens is 425 g/mol. The largest absolute Gasteiger partial charge is 0.443 e. The lowest BCUT2D eigenvalue weighted by molar-refractivity contribution is 0.0429. The molecular formula is C25H28FN3O4. The van der Waals surface area contributed by atoms with Gasteiger partial charge in [0.1, 0.15) is 22.5 Å². The minimum absolute atomic E-state index is 0.0302. The molecule has 3 rings (SSSR count). The van der Waals surface area contributed by atoms with Crippen molar-refractivity contribution in [2.75, 3.05) is 4.90 Å². The fourth-order valence-corrected chi connectivity index (χ4v) is 3.07. The summed E-state index contributed by atoms with van der Waals surface area (Å²) in [5.41, 5.74) is 0.360. The highest BCUT2D eigenvalue weighted by molar-refractivity contribution is 6.13. The molecule has 0 saturated carbocycles. The standard InChI is InChI=1S/C25H28FN3O4/c1-15-14-27-21(29(22(30)32-24(2,3)4)23(31)33-25(5,6)7)20-18(15)11-12-19(28-20)16-9-8-10-17(26)13-16/h8-14H,1-7H3. The maximum atomic E-state index is 13.8. The van der Waals surface area contributed by atoms with E-state index in [-0.39, 0.29) is 11.3 Å². The molecule has 0 bridgehead atoms. The Labute approximate surface area is 192 Å². The van der Waals surface area contributed by atoms with Crippen LogP contribution in [0.5, 0.6) is 0 Å². The second-order valence-electron chi connectivity index (χ2n) is 9.66. The van der Waals surface area contributed by atoms with Gasteiger partial charge in [0.15, 0.2) is 5.82 Å². The molecule has 7 nitrogen and oxygen atoms in total. The normalized spacial score (nSPS) is 11.9. The predicted octanol–water partition coefficient (Wildman–Crippen LogP) is 6.42. The number of carbonyl (C=O) groups is 2. The van der Waals surface area contributed by atoms with Gasteiger partial charge in [0.25, 0.3) is 0 Å². The summed E-state index contributed by atoms with van der Waals surface area (Å²) in [7, 11) is 0. The summed E-state index contributed by atoms with van der Waals surface area (Å²) < 4.78 is 24.7. The first-order valence-corrected chi connectivity index (χ1v) is 10.5. The second-order valence-corrected chi connectivity index (χ2v) is 9.66. The summed E-state index contributed by atoms with van der Waals surface area (Å²) in [4.78, 5) is 35.9. The monoisotopic (exact) mass is 453 g/mol. The fraction of sp³-hybridized carbons (Fsp3) is 0.360. The lowest BCUT2D eigenvalue weighted by atomic mass is 10.1. The van der Waals surface area contributed by atoms with Gasteiger partial charge in [-0.3, -0.25) is 0 Å². The molecule has 0 N–H and O–H groups in total. The molecule has 0 fully saturated rings. The first kappa shape index (κ1) is 24.1. The zero-order valence-corrected chi connectivity index (χ0v) is 19.9. The van der Waals surface area contributed by atoms with Crippen LogP contribution >= 0.6 is 0 Å². The van der Waals surface area contributed by atoms with Crippen molar-refractivity contribution >= 4 is 28.9 Å². The molecule has 33 heavy (non-hydrogen) atoms. The van der Waals surface area contributed by atoms with Crippen LogP contribution in [-0.2, 0) is 9.47 Å². The Balaban J connectivity index is 2.22. The molecule has 174 valence electrons. The van der Waals surface area contributed by atoms with E-state index in [1.807, 2.05) is 6.92 Å². The average Bonchev–Trinajstić information content (AvgIpc) is 2.67. The van der Waals surface area contributed by atoms with Crippen LogP contribution in [0.4, 0.5) is 19.8 Å². The molecule has 0 aliphatic carbocycles. The first-order chi connectivity index (χ1) is 15.2. The predicted molar refractivity (Wildman–Crippen MR) is 125 cm³/mol. The van der Waals surface area contributed by atoms with E-state index < -0.39 is 29.2 Å². The Kier molecular flexibility index (Phi) is 6.40. The van der Waals surface area contributed by atoms with E-state index in [2.05, 4.69) is 9.97 Å². The molecule has 0 aliphatic rings. The first-order valence-electron chi connectivity index (χ1n) is 10.5. The zero-order chi connectivity index (χ0) is 24.6. The van der Waals surface area contributed by atoms with E-state index in [0.717, 1.165) is 10.5 Å². The maximum absolute atomic E-state index is 13.8. The molecule has 1 aromatic carbocycles. The van der Waals surface area contributed by atoms with Gasteiger partial charge < -0.3 is 9.47 Å². The number of benzene rings is 1. The number of aryl methyl sites for hydroxylation is 1. The molecule has 2 heterocycles. The number of fused-ring (bicyclic) bond motifs is 1. The van der Waals surface area contributed by atoms with Gasteiger partial charge in [-0.05, 0) is 72.2 Å². The van der Waals surface area contributed by atoms with Crippen molar-refractivity contribution in [3.63, 3.8) is 0 Å². The number of aromatic nitrogens is 2. The third kappa shape index (κ3) is 5.83. The molecule has 0 aliphatic heterocycles. The summed E-state index contributed by atoms with van der Waals surface area (Å²) in [5.74, 6) is -0.432. The highest BCUT2D eigenvalue weighted by Crippen LogP contribution is 2.31. The van der Waals surface area contributed by atoms with Crippen LogP contribution in [0, 0.1) is 12.7 Å². The number of pyridine rings is 2. The van der Waals surface area contributed by atoms with Crippen molar-refractivity contribution < 1.29 is 23.5 Å². The number of anilines is 1. The SMILES string of the molecule is Cc1cnc(N(C(=O)OC(C)(C)C)C(=O)OC(C)(C)C)c2nc(-c3cccc(F)c3)ccc12. The molecule has 3 aromatic rings. The van der Waals surface area contributed by atoms with E-state index in [0.29, 0.717) is 16.6 Å². The van der Waals surface area contributed by atoms with Crippen LogP contribution in [-0.4, -0.2) is 33.4 Å². The molecule has 0 atom stereocenters. The second kappa shape index (κ2) is 8.77. The number of halogens is 1. The molecule has 0 radical (unpaired) electrons. The molecule has 2 amide bonds. The lowest BCUT2D eigenvalue weighted by Crippen LogP contribution is -2.44. The Morgan fingerprint density at radius 1 is 0.939 bits per heavy atom. The number of hydrogen-bond donors (Lipinski definition) is 0. The molecule has 0 unspecified atom stereocenters. The molecule has 0 saturated heterocycles. The highest BCUT2D eigenvalue weighted by atomic mass is 19.1. The minimum atomic E-state index is -0.938. The van der Waals surface area contributed by atoms with Crippen LogP contribution < -0.4 is 4.90 Å². The fourth-order valence-electron chi connectivity index (χ4n) is 3.07. The van der Waals surface area contributed by atoms with E-state index >= 15 is 0 Å². The summed E-state index contributed by atoms with van der Waals surface area (Å²) in [5, 5.41) is 0.678. The van der Waals surface area contributed by atoms with Crippen molar-refractivity contribution in [1.82, 2.24) is 9.97 Å². The maximum Gasteiger partial charge on any atom is 0.425 e. The van der Waals surface area contributed by atoms with E-state index in [9.17, 15) is 14.0 Å². The van der Waals surface area contributed by atoms with Gasteiger partial charge >= 0.3 is 12.2 Å².